The molecular formula is C11H8N4O4. The molecule has 0 fully saturated rings. The van der Waals surface area contributed by atoms with Crippen LogP contribution in [0.5, 0.6) is 0 Å². The van der Waals surface area contributed by atoms with Crippen LogP contribution in [0.15, 0.2) is 35.4 Å². The van der Waals surface area contributed by atoms with E-state index in [0.717, 1.165) is 12.3 Å². The van der Waals surface area contributed by atoms with E-state index in [9.17, 15) is 14.4 Å². The molecule has 3 N–H and O–H groups in total. The summed E-state index contributed by atoms with van der Waals surface area (Å²) in [4.78, 5) is 37.0. The maximum Gasteiger partial charge on any atom is 0.337 e. The largest absolute Gasteiger partial charge is 0.478 e. The zero-order valence-corrected chi connectivity index (χ0v) is 9.45. The summed E-state index contributed by atoms with van der Waals surface area (Å²) in [5.74, 6) is -1.73. The second-order valence-electron chi connectivity index (χ2n) is 3.53. The predicted octanol–water partition coefficient (Wildman–Crippen LogP) is 0.115. The standard InChI is InChI=1S/C11H8N4O4/c16-9-2-1-8(14-15-9)10(17)13-7-3-6(11(18)19)4-12-5-7/h1-5H,(H,13,17)(H,15,16)(H,18,19). The molecule has 0 bridgehead atoms. The van der Waals surface area contributed by atoms with Gasteiger partial charge in [-0.15, -0.1) is 0 Å². The van der Waals surface area contributed by atoms with Crippen molar-refractivity contribution in [3.05, 3.63) is 52.2 Å². The van der Waals surface area contributed by atoms with Crippen LogP contribution in [0.3, 0.4) is 0 Å². The Morgan fingerprint density at radius 3 is 2.68 bits per heavy atom. The van der Waals surface area contributed by atoms with Crippen LogP contribution >= 0.6 is 0 Å². The van der Waals surface area contributed by atoms with Crippen LogP contribution in [-0.4, -0.2) is 32.2 Å². The summed E-state index contributed by atoms with van der Waals surface area (Å²) >= 11 is 0. The Balaban J connectivity index is 2.19. The van der Waals surface area contributed by atoms with E-state index in [4.69, 9.17) is 5.11 Å². The van der Waals surface area contributed by atoms with Crippen LogP contribution in [0.1, 0.15) is 20.8 Å². The van der Waals surface area contributed by atoms with Crippen molar-refractivity contribution in [1.82, 2.24) is 15.2 Å². The maximum atomic E-state index is 11.7. The van der Waals surface area contributed by atoms with E-state index in [1.807, 2.05) is 0 Å². The second kappa shape index (κ2) is 5.08. The van der Waals surface area contributed by atoms with Crippen LogP contribution in [0.2, 0.25) is 0 Å². The van der Waals surface area contributed by atoms with Gasteiger partial charge >= 0.3 is 5.97 Å². The van der Waals surface area contributed by atoms with Gasteiger partial charge in [-0.25, -0.2) is 9.89 Å². The highest BCUT2D eigenvalue weighted by Crippen LogP contribution is 2.09. The van der Waals surface area contributed by atoms with Gasteiger partial charge in [0.05, 0.1) is 17.4 Å². The molecule has 2 heterocycles. The summed E-state index contributed by atoms with van der Waals surface area (Å²) in [7, 11) is 0. The molecule has 0 aliphatic carbocycles. The molecule has 0 atom stereocenters. The number of hydrogen-bond donors (Lipinski definition) is 3. The number of aromatic nitrogens is 3. The summed E-state index contributed by atoms with van der Waals surface area (Å²) in [6.07, 6.45) is 2.46. The molecule has 0 unspecified atom stereocenters. The van der Waals surface area contributed by atoms with Crippen molar-refractivity contribution >= 4 is 17.6 Å². The number of amides is 1. The van der Waals surface area contributed by atoms with E-state index >= 15 is 0 Å². The molecule has 19 heavy (non-hydrogen) atoms. The molecule has 2 rings (SSSR count). The van der Waals surface area contributed by atoms with Gasteiger partial charge < -0.3 is 10.4 Å². The molecule has 0 radical (unpaired) electrons. The number of H-pyrrole nitrogens is 1. The molecule has 8 heteroatoms. The number of aromatic carboxylic acids is 1. The Labute approximate surface area is 106 Å². The number of carboxylic acids is 1. The van der Waals surface area contributed by atoms with Crippen LogP contribution in [0.25, 0.3) is 0 Å². The van der Waals surface area contributed by atoms with Crippen molar-refractivity contribution in [2.24, 2.45) is 0 Å². The normalized spacial score (nSPS) is 9.89. The minimum Gasteiger partial charge on any atom is -0.478 e. The summed E-state index contributed by atoms with van der Waals surface area (Å²) in [6.45, 7) is 0. The number of aromatic amines is 1. The third-order valence-electron chi connectivity index (χ3n) is 2.15. The first-order valence-electron chi connectivity index (χ1n) is 5.11. The molecule has 0 spiro atoms. The van der Waals surface area contributed by atoms with Gasteiger partial charge in [0.15, 0.2) is 0 Å². The maximum absolute atomic E-state index is 11.7. The van der Waals surface area contributed by atoms with Gasteiger partial charge in [-0.1, -0.05) is 0 Å². The van der Waals surface area contributed by atoms with Gasteiger partial charge in [0.2, 0.25) is 0 Å². The molecule has 0 aliphatic rings. The van der Waals surface area contributed by atoms with E-state index < -0.39 is 17.4 Å². The summed E-state index contributed by atoms with van der Waals surface area (Å²) in [5.41, 5.74) is -0.253. The third kappa shape index (κ3) is 3.00. The highest BCUT2D eigenvalue weighted by Gasteiger charge is 2.10. The lowest BCUT2D eigenvalue weighted by molar-refractivity contribution is 0.0696. The molecule has 0 saturated heterocycles. The predicted molar refractivity (Wildman–Crippen MR) is 64.0 cm³/mol. The lowest BCUT2D eigenvalue weighted by Crippen LogP contribution is -2.17. The van der Waals surface area contributed by atoms with Crippen LogP contribution in [-0.2, 0) is 0 Å². The van der Waals surface area contributed by atoms with Gasteiger partial charge in [-0.05, 0) is 12.1 Å². The number of rotatable bonds is 3. The quantitative estimate of drug-likeness (QED) is 0.719. The Bertz CT molecular complexity index is 675. The highest BCUT2D eigenvalue weighted by atomic mass is 16.4. The fourth-order valence-electron chi connectivity index (χ4n) is 1.29. The number of anilines is 1. The minimum atomic E-state index is -1.15. The summed E-state index contributed by atoms with van der Waals surface area (Å²) in [6, 6.07) is 3.68. The molecule has 0 aliphatic heterocycles. The number of hydrogen-bond acceptors (Lipinski definition) is 5. The number of carbonyl (C=O) groups is 2. The molecule has 96 valence electrons. The third-order valence-corrected chi connectivity index (χ3v) is 2.15. The number of carbonyl (C=O) groups excluding carboxylic acids is 1. The van der Waals surface area contributed by atoms with Crippen molar-refractivity contribution < 1.29 is 14.7 Å². The zero-order valence-electron chi connectivity index (χ0n) is 9.45. The van der Waals surface area contributed by atoms with E-state index in [2.05, 4.69) is 20.5 Å². The minimum absolute atomic E-state index is 0.000304. The summed E-state index contributed by atoms with van der Waals surface area (Å²) in [5, 5.41) is 16.9. The SMILES string of the molecule is O=C(O)c1cncc(NC(=O)c2ccc(=O)[nH]n2)c1. The van der Waals surface area contributed by atoms with Crippen molar-refractivity contribution in [3.8, 4) is 0 Å². The molecule has 2 aromatic heterocycles. The first kappa shape index (κ1) is 12.4. The van der Waals surface area contributed by atoms with E-state index in [-0.39, 0.29) is 16.9 Å². The van der Waals surface area contributed by atoms with Gasteiger partial charge in [0.25, 0.3) is 11.5 Å². The van der Waals surface area contributed by atoms with Crippen LogP contribution in [0.4, 0.5) is 5.69 Å². The summed E-state index contributed by atoms with van der Waals surface area (Å²) < 4.78 is 0. The van der Waals surface area contributed by atoms with E-state index in [0.29, 0.717) is 0 Å². The first-order chi connectivity index (χ1) is 9.06. The Kier molecular flexibility index (Phi) is 3.33. The average Bonchev–Trinajstić information content (AvgIpc) is 2.39. The fourth-order valence-corrected chi connectivity index (χ4v) is 1.29. The Morgan fingerprint density at radius 1 is 1.26 bits per heavy atom. The number of pyridine rings is 1. The molecule has 1 amide bonds. The van der Waals surface area contributed by atoms with Gasteiger partial charge in [0, 0.05) is 12.3 Å². The smallest absolute Gasteiger partial charge is 0.337 e. The lowest BCUT2D eigenvalue weighted by atomic mass is 10.2. The Morgan fingerprint density at radius 2 is 2.05 bits per heavy atom. The van der Waals surface area contributed by atoms with Crippen molar-refractivity contribution in [1.29, 1.82) is 0 Å². The molecule has 0 saturated carbocycles. The second-order valence-corrected chi connectivity index (χ2v) is 3.53. The highest BCUT2D eigenvalue weighted by molar-refractivity contribution is 6.03. The van der Waals surface area contributed by atoms with Gasteiger partial charge in [0.1, 0.15) is 5.69 Å². The molecule has 2 aromatic rings. The lowest BCUT2D eigenvalue weighted by Gasteiger charge is -2.04. The van der Waals surface area contributed by atoms with E-state index in [1.54, 1.807) is 0 Å². The van der Waals surface area contributed by atoms with E-state index in [1.165, 1.54) is 18.3 Å². The van der Waals surface area contributed by atoms with Crippen molar-refractivity contribution in [3.63, 3.8) is 0 Å². The van der Waals surface area contributed by atoms with Crippen LogP contribution < -0.4 is 10.9 Å². The van der Waals surface area contributed by atoms with Gasteiger partial charge in [-0.3, -0.25) is 14.6 Å². The monoisotopic (exact) mass is 260 g/mol. The first-order valence-corrected chi connectivity index (χ1v) is 5.11. The molecule has 0 aromatic carbocycles. The Hall–Kier alpha value is -3.03. The number of carboxylic acid groups (broad SMARTS) is 1. The molecule has 8 nitrogen and oxygen atoms in total. The molecular weight excluding hydrogens is 252 g/mol. The fraction of sp³-hybridized carbons (Fsp3) is 0. The number of nitrogens with zero attached hydrogens (tertiary/aromatic N) is 2. The topological polar surface area (TPSA) is 125 Å². The number of nitrogens with one attached hydrogen (secondary N) is 2. The van der Waals surface area contributed by atoms with Crippen molar-refractivity contribution in [2.45, 2.75) is 0 Å². The van der Waals surface area contributed by atoms with Crippen LogP contribution in [0, 0.1) is 0 Å². The zero-order chi connectivity index (χ0) is 13.8. The van der Waals surface area contributed by atoms with Gasteiger partial charge in [-0.2, -0.15) is 5.10 Å². The van der Waals surface area contributed by atoms with Crippen molar-refractivity contribution in [2.75, 3.05) is 5.32 Å². The average molecular weight is 260 g/mol.